The zero-order chi connectivity index (χ0) is 23.0. The van der Waals surface area contributed by atoms with Gasteiger partial charge in [0.2, 0.25) is 0 Å². The first-order chi connectivity index (χ1) is 15.9. The van der Waals surface area contributed by atoms with E-state index in [1.54, 1.807) is 4.57 Å². The number of aromatic nitrogens is 3. The van der Waals surface area contributed by atoms with Crippen molar-refractivity contribution in [2.45, 2.75) is 51.2 Å². The summed E-state index contributed by atoms with van der Waals surface area (Å²) in [6, 6.07) is 15.3. The highest BCUT2D eigenvalue weighted by atomic mass is 16.5. The Morgan fingerprint density at radius 3 is 2.73 bits per heavy atom. The normalized spacial score (nSPS) is 16.2. The van der Waals surface area contributed by atoms with Crippen LogP contribution in [0.15, 0.2) is 53.3 Å². The highest BCUT2D eigenvalue weighted by Crippen LogP contribution is 2.41. The lowest BCUT2D eigenvalue weighted by Crippen LogP contribution is -2.34. The van der Waals surface area contributed by atoms with Gasteiger partial charge in [0, 0.05) is 24.4 Å². The third kappa shape index (κ3) is 4.51. The predicted octanol–water partition coefficient (Wildman–Crippen LogP) is 2.82. The number of carbonyl (C=O) groups is 1. The molecule has 0 bridgehead atoms. The number of para-hydroxylation sites is 2. The van der Waals surface area contributed by atoms with Crippen LogP contribution in [0.25, 0.3) is 5.69 Å². The van der Waals surface area contributed by atoms with Gasteiger partial charge in [0.05, 0.1) is 12.2 Å². The van der Waals surface area contributed by atoms with E-state index < -0.39 is 0 Å². The number of benzene rings is 2. The van der Waals surface area contributed by atoms with Crippen LogP contribution >= 0.6 is 0 Å². The standard InChI is InChI=1S/C25H28N4O4/c1-25(2)15-18-7-6-10-20(22(18)33-25)32-16-21(30)26-13-14-28-24(31)29(19-8-4-3-5-9-19)23(27-28)17-11-12-17/h3-10,17H,11-16H2,1-2H3,(H,26,30). The molecule has 0 spiro atoms. The lowest BCUT2D eigenvalue weighted by atomic mass is 10.0. The first-order valence-electron chi connectivity index (χ1n) is 11.4. The quantitative estimate of drug-likeness (QED) is 0.573. The van der Waals surface area contributed by atoms with Crippen LogP contribution in [0, 0.1) is 0 Å². The lowest BCUT2D eigenvalue weighted by Gasteiger charge is -2.18. The summed E-state index contributed by atoms with van der Waals surface area (Å²) >= 11 is 0. The van der Waals surface area contributed by atoms with Crippen molar-refractivity contribution in [1.29, 1.82) is 0 Å². The van der Waals surface area contributed by atoms with Crippen molar-refractivity contribution in [3.8, 4) is 17.2 Å². The molecular weight excluding hydrogens is 420 g/mol. The molecule has 1 fully saturated rings. The second-order valence-electron chi connectivity index (χ2n) is 9.23. The van der Waals surface area contributed by atoms with E-state index in [9.17, 15) is 9.59 Å². The molecule has 33 heavy (non-hydrogen) atoms. The molecule has 1 saturated carbocycles. The number of hydrogen-bond acceptors (Lipinski definition) is 5. The molecule has 8 nitrogen and oxygen atoms in total. The van der Waals surface area contributed by atoms with Gasteiger partial charge in [-0.3, -0.25) is 4.79 Å². The summed E-state index contributed by atoms with van der Waals surface area (Å²) in [6.45, 7) is 4.51. The fourth-order valence-corrected chi connectivity index (χ4v) is 4.19. The van der Waals surface area contributed by atoms with E-state index in [1.807, 2.05) is 62.4 Å². The van der Waals surface area contributed by atoms with Crippen LogP contribution in [-0.4, -0.2) is 39.0 Å². The number of nitrogens with zero attached hydrogens (tertiary/aromatic N) is 3. The largest absolute Gasteiger partial charge is 0.483 e. The second-order valence-corrected chi connectivity index (χ2v) is 9.23. The zero-order valence-corrected chi connectivity index (χ0v) is 18.9. The first-order valence-corrected chi connectivity index (χ1v) is 11.4. The number of carbonyl (C=O) groups excluding carboxylic acids is 1. The summed E-state index contributed by atoms with van der Waals surface area (Å²) in [4.78, 5) is 25.3. The van der Waals surface area contributed by atoms with E-state index in [1.165, 1.54) is 4.68 Å². The Labute approximate surface area is 192 Å². The molecule has 8 heteroatoms. The van der Waals surface area contributed by atoms with Crippen molar-refractivity contribution in [1.82, 2.24) is 19.7 Å². The summed E-state index contributed by atoms with van der Waals surface area (Å²) in [7, 11) is 0. The van der Waals surface area contributed by atoms with Gasteiger partial charge in [-0.15, -0.1) is 0 Å². The van der Waals surface area contributed by atoms with Gasteiger partial charge in [0.15, 0.2) is 18.1 Å². The topological polar surface area (TPSA) is 87.4 Å². The van der Waals surface area contributed by atoms with Crippen LogP contribution in [0.3, 0.4) is 0 Å². The lowest BCUT2D eigenvalue weighted by molar-refractivity contribution is -0.123. The molecule has 5 rings (SSSR count). The molecule has 1 aliphatic heterocycles. The van der Waals surface area contributed by atoms with Crippen LogP contribution in [-0.2, 0) is 17.8 Å². The van der Waals surface area contributed by atoms with Crippen LogP contribution < -0.4 is 20.5 Å². The van der Waals surface area contributed by atoms with Crippen molar-refractivity contribution < 1.29 is 14.3 Å². The van der Waals surface area contributed by atoms with Crippen molar-refractivity contribution in [3.05, 3.63) is 70.4 Å². The zero-order valence-electron chi connectivity index (χ0n) is 18.9. The molecule has 1 amide bonds. The highest BCUT2D eigenvalue weighted by molar-refractivity contribution is 5.77. The molecule has 1 N–H and O–H groups in total. The minimum atomic E-state index is -0.278. The Balaban J connectivity index is 1.19. The SMILES string of the molecule is CC1(C)Cc2cccc(OCC(=O)NCCn3nc(C4CC4)n(-c4ccccc4)c3=O)c2O1. The average Bonchev–Trinajstić information content (AvgIpc) is 3.51. The maximum Gasteiger partial charge on any atom is 0.350 e. The maximum atomic E-state index is 13.0. The third-order valence-corrected chi connectivity index (χ3v) is 5.88. The molecule has 0 unspecified atom stereocenters. The smallest absolute Gasteiger partial charge is 0.350 e. The molecule has 3 aromatic rings. The fraction of sp³-hybridized carbons (Fsp3) is 0.400. The minimum Gasteiger partial charge on any atom is -0.483 e. The van der Waals surface area contributed by atoms with Crippen molar-refractivity contribution in [2.24, 2.45) is 0 Å². The van der Waals surface area contributed by atoms with E-state index in [2.05, 4.69) is 10.4 Å². The van der Waals surface area contributed by atoms with Crippen LogP contribution in [0.1, 0.15) is 44.0 Å². The molecule has 172 valence electrons. The monoisotopic (exact) mass is 448 g/mol. The molecule has 2 aliphatic rings. The molecule has 0 radical (unpaired) electrons. The summed E-state index contributed by atoms with van der Waals surface area (Å²) in [5.74, 6) is 2.13. The van der Waals surface area contributed by atoms with E-state index in [0.29, 0.717) is 24.0 Å². The molecule has 1 aliphatic carbocycles. The average molecular weight is 449 g/mol. The third-order valence-electron chi connectivity index (χ3n) is 5.88. The molecule has 0 atom stereocenters. The number of hydrogen-bond donors (Lipinski definition) is 1. The minimum absolute atomic E-state index is 0.124. The molecule has 2 aromatic carbocycles. The van der Waals surface area contributed by atoms with Gasteiger partial charge in [-0.05, 0) is 44.9 Å². The Morgan fingerprint density at radius 2 is 1.97 bits per heavy atom. The molecule has 0 saturated heterocycles. The summed E-state index contributed by atoms with van der Waals surface area (Å²) in [5, 5.41) is 7.37. The summed E-state index contributed by atoms with van der Waals surface area (Å²) in [5.41, 5.74) is 1.43. The molecule has 2 heterocycles. The highest BCUT2D eigenvalue weighted by Gasteiger charge is 2.33. The Bertz CT molecular complexity index is 1220. The van der Waals surface area contributed by atoms with Crippen molar-refractivity contribution in [3.63, 3.8) is 0 Å². The van der Waals surface area contributed by atoms with E-state index in [-0.39, 0.29) is 30.3 Å². The maximum absolute atomic E-state index is 13.0. The van der Waals surface area contributed by atoms with Gasteiger partial charge in [0.1, 0.15) is 11.4 Å². The Hall–Kier alpha value is -3.55. The number of fused-ring (bicyclic) bond motifs is 1. The van der Waals surface area contributed by atoms with Gasteiger partial charge in [0.25, 0.3) is 5.91 Å². The van der Waals surface area contributed by atoms with E-state index in [0.717, 1.165) is 36.3 Å². The van der Waals surface area contributed by atoms with Crippen LogP contribution in [0.2, 0.25) is 0 Å². The van der Waals surface area contributed by atoms with Gasteiger partial charge < -0.3 is 14.8 Å². The van der Waals surface area contributed by atoms with Crippen LogP contribution in [0.4, 0.5) is 0 Å². The fourth-order valence-electron chi connectivity index (χ4n) is 4.19. The van der Waals surface area contributed by atoms with Gasteiger partial charge in [-0.1, -0.05) is 30.3 Å². The van der Waals surface area contributed by atoms with Gasteiger partial charge >= 0.3 is 5.69 Å². The predicted molar refractivity (Wildman–Crippen MR) is 123 cm³/mol. The van der Waals surface area contributed by atoms with Gasteiger partial charge in [-0.2, -0.15) is 5.10 Å². The number of amides is 1. The van der Waals surface area contributed by atoms with Crippen LogP contribution in [0.5, 0.6) is 11.5 Å². The van der Waals surface area contributed by atoms with E-state index in [4.69, 9.17) is 9.47 Å². The number of rotatable bonds is 8. The van der Waals surface area contributed by atoms with Crippen molar-refractivity contribution >= 4 is 5.91 Å². The van der Waals surface area contributed by atoms with Gasteiger partial charge in [-0.25, -0.2) is 14.0 Å². The molecule has 1 aromatic heterocycles. The van der Waals surface area contributed by atoms with E-state index >= 15 is 0 Å². The number of ether oxygens (including phenoxy) is 2. The van der Waals surface area contributed by atoms with Crippen molar-refractivity contribution in [2.75, 3.05) is 13.2 Å². The Kier molecular flexibility index (Phi) is 5.44. The summed E-state index contributed by atoms with van der Waals surface area (Å²) < 4.78 is 14.8. The second kappa shape index (κ2) is 8.42. The molecular formula is C25H28N4O4. The number of nitrogens with one attached hydrogen (secondary N) is 1. The summed E-state index contributed by atoms with van der Waals surface area (Å²) in [6.07, 6.45) is 2.89. The first kappa shape index (κ1) is 21.3. The Morgan fingerprint density at radius 1 is 1.18 bits per heavy atom.